The summed E-state index contributed by atoms with van der Waals surface area (Å²) in [5.74, 6) is 0.499. The molecule has 0 radical (unpaired) electrons. The predicted molar refractivity (Wildman–Crippen MR) is 119 cm³/mol. The molecule has 0 spiro atoms. The standard InChI is InChI=1S/C24H33NO3S/c1-7-29(27,28)21-12-8-18(9-13-21)16-25-23(26)20-11-10-19(14-17(2)3)22(15-20)24(4,5)6/h8-13,15,17H,7,14,16H2,1-6H3,(H,25,26). The van der Waals surface area contributed by atoms with Crippen molar-refractivity contribution in [1.82, 2.24) is 5.32 Å². The lowest BCUT2D eigenvalue weighted by atomic mass is 9.80. The van der Waals surface area contributed by atoms with Crippen LogP contribution in [0.25, 0.3) is 0 Å². The summed E-state index contributed by atoms with van der Waals surface area (Å²) in [6.07, 6.45) is 0.988. The van der Waals surface area contributed by atoms with Crippen LogP contribution in [-0.2, 0) is 28.2 Å². The van der Waals surface area contributed by atoms with E-state index in [1.165, 1.54) is 11.1 Å². The Morgan fingerprint density at radius 1 is 1.03 bits per heavy atom. The molecule has 0 atom stereocenters. The number of rotatable bonds is 7. The molecule has 1 N–H and O–H groups in total. The predicted octanol–water partition coefficient (Wildman–Crippen LogP) is 4.91. The Morgan fingerprint density at radius 2 is 1.66 bits per heavy atom. The molecule has 0 aromatic heterocycles. The van der Waals surface area contributed by atoms with E-state index in [4.69, 9.17) is 0 Å². The first-order valence-corrected chi connectivity index (χ1v) is 11.8. The van der Waals surface area contributed by atoms with Gasteiger partial charge in [-0.2, -0.15) is 0 Å². The van der Waals surface area contributed by atoms with Gasteiger partial charge in [-0.3, -0.25) is 4.79 Å². The molecule has 0 aliphatic carbocycles. The maximum Gasteiger partial charge on any atom is 0.251 e. The highest BCUT2D eigenvalue weighted by Crippen LogP contribution is 2.28. The molecule has 0 fully saturated rings. The van der Waals surface area contributed by atoms with E-state index in [0.717, 1.165) is 12.0 Å². The lowest BCUT2D eigenvalue weighted by molar-refractivity contribution is 0.0950. The van der Waals surface area contributed by atoms with Crippen molar-refractivity contribution in [2.24, 2.45) is 5.92 Å². The van der Waals surface area contributed by atoms with Crippen LogP contribution in [0.15, 0.2) is 47.4 Å². The minimum Gasteiger partial charge on any atom is -0.348 e. The maximum absolute atomic E-state index is 12.7. The molecule has 2 aromatic rings. The Morgan fingerprint density at radius 3 is 2.17 bits per heavy atom. The first-order valence-electron chi connectivity index (χ1n) is 10.2. The van der Waals surface area contributed by atoms with Crippen molar-refractivity contribution in [2.75, 3.05) is 5.75 Å². The maximum atomic E-state index is 12.7. The second-order valence-corrected chi connectivity index (χ2v) is 11.2. The topological polar surface area (TPSA) is 63.2 Å². The normalized spacial score (nSPS) is 12.2. The van der Waals surface area contributed by atoms with Gasteiger partial charge in [0, 0.05) is 12.1 Å². The molecule has 2 aromatic carbocycles. The Hall–Kier alpha value is -2.14. The number of hydrogen-bond donors (Lipinski definition) is 1. The summed E-state index contributed by atoms with van der Waals surface area (Å²) in [6, 6.07) is 12.6. The van der Waals surface area contributed by atoms with Crippen molar-refractivity contribution < 1.29 is 13.2 Å². The number of amides is 1. The Labute approximate surface area is 175 Å². The highest BCUT2D eigenvalue weighted by molar-refractivity contribution is 7.91. The summed E-state index contributed by atoms with van der Waals surface area (Å²) in [5, 5.41) is 2.94. The molecular weight excluding hydrogens is 382 g/mol. The molecule has 158 valence electrons. The van der Waals surface area contributed by atoms with Gasteiger partial charge < -0.3 is 5.32 Å². The summed E-state index contributed by atoms with van der Waals surface area (Å²) in [6.45, 7) is 12.9. The van der Waals surface area contributed by atoms with Gasteiger partial charge in [-0.25, -0.2) is 8.42 Å². The number of carbonyl (C=O) groups excluding carboxylic acids is 1. The highest BCUT2D eigenvalue weighted by Gasteiger charge is 2.20. The molecule has 29 heavy (non-hydrogen) atoms. The summed E-state index contributed by atoms with van der Waals surface area (Å²) < 4.78 is 23.8. The molecule has 0 saturated carbocycles. The number of benzene rings is 2. The second-order valence-electron chi connectivity index (χ2n) is 8.95. The molecule has 0 saturated heterocycles. The molecule has 1 amide bonds. The first kappa shape index (κ1) is 23.1. The smallest absolute Gasteiger partial charge is 0.251 e. The monoisotopic (exact) mass is 415 g/mol. The van der Waals surface area contributed by atoms with E-state index in [0.29, 0.717) is 22.9 Å². The van der Waals surface area contributed by atoms with Crippen LogP contribution in [0.4, 0.5) is 0 Å². The lowest BCUT2D eigenvalue weighted by Crippen LogP contribution is -2.24. The van der Waals surface area contributed by atoms with E-state index in [9.17, 15) is 13.2 Å². The third kappa shape index (κ3) is 6.17. The third-order valence-electron chi connectivity index (χ3n) is 4.92. The van der Waals surface area contributed by atoms with Crippen LogP contribution < -0.4 is 5.32 Å². The fourth-order valence-corrected chi connectivity index (χ4v) is 4.18. The van der Waals surface area contributed by atoms with Crippen LogP contribution in [0.5, 0.6) is 0 Å². The van der Waals surface area contributed by atoms with Crippen LogP contribution in [0.1, 0.15) is 68.6 Å². The van der Waals surface area contributed by atoms with Gasteiger partial charge in [-0.05, 0) is 58.7 Å². The number of carbonyl (C=O) groups is 1. The molecular formula is C24H33NO3S. The fraction of sp³-hybridized carbons (Fsp3) is 0.458. The number of hydrogen-bond acceptors (Lipinski definition) is 3. The molecule has 2 rings (SSSR count). The lowest BCUT2D eigenvalue weighted by Gasteiger charge is -2.24. The molecule has 4 nitrogen and oxygen atoms in total. The average Bonchev–Trinajstić information content (AvgIpc) is 2.65. The minimum atomic E-state index is -3.21. The summed E-state index contributed by atoms with van der Waals surface area (Å²) in [4.78, 5) is 13.0. The summed E-state index contributed by atoms with van der Waals surface area (Å²) in [7, 11) is -3.21. The van der Waals surface area contributed by atoms with Gasteiger partial charge >= 0.3 is 0 Å². The molecule has 0 aliphatic heterocycles. The van der Waals surface area contributed by atoms with Crippen LogP contribution in [-0.4, -0.2) is 20.1 Å². The van der Waals surface area contributed by atoms with Crippen molar-refractivity contribution in [1.29, 1.82) is 0 Å². The van der Waals surface area contributed by atoms with Gasteiger partial charge in [0.25, 0.3) is 5.91 Å². The molecule has 0 unspecified atom stereocenters. The van der Waals surface area contributed by atoms with E-state index in [1.807, 2.05) is 12.1 Å². The van der Waals surface area contributed by atoms with E-state index in [-0.39, 0.29) is 17.1 Å². The highest BCUT2D eigenvalue weighted by atomic mass is 32.2. The van der Waals surface area contributed by atoms with Gasteiger partial charge in [0.2, 0.25) is 0 Å². The van der Waals surface area contributed by atoms with Gasteiger partial charge in [0.05, 0.1) is 10.6 Å². The molecule has 0 bridgehead atoms. The Balaban J connectivity index is 2.15. The Bertz CT molecular complexity index is 953. The van der Waals surface area contributed by atoms with Gasteiger partial charge in [-0.15, -0.1) is 0 Å². The van der Waals surface area contributed by atoms with E-state index in [2.05, 4.69) is 46.0 Å². The summed E-state index contributed by atoms with van der Waals surface area (Å²) in [5.41, 5.74) is 3.96. The van der Waals surface area contributed by atoms with E-state index >= 15 is 0 Å². The Kier molecular flexibility index (Phi) is 7.28. The zero-order chi connectivity index (χ0) is 21.8. The van der Waals surface area contributed by atoms with Crippen molar-refractivity contribution in [3.8, 4) is 0 Å². The van der Waals surface area contributed by atoms with Gasteiger partial charge in [-0.1, -0.05) is 59.7 Å². The van der Waals surface area contributed by atoms with Crippen molar-refractivity contribution in [3.63, 3.8) is 0 Å². The third-order valence-corrected chi connectivity index (χ3v) is 6.67. The number of sulfone groups is 1. The van der Waals surface area contributed by atoms with Crippen LogP contribution >= 0.6 is 0 Å². The zero-order valence-corrected chi connectivity index (χ0v) is 19.2. The molecule has 0 heterocycles. The van der Waals surface area contributed by atoms with Crippen LogP contribution in [0.2, 0.25) is 0 Å². The second kappa shape index (κ2) is 9.12. The van der Waals surface area contributed by atoms with Crippen molar-refractivity contribution >= 4 is 15.7 Å². The van der Waals surface area contributed by atoms with Gasteiger partial charge in [0.1, 0.15) is 0 Å². The first-order chi connectivity index (χ1) is 13.4. The SMILES string of the molecule is CCS(=O)(=O)c1ccc(CNC(=O)c2ccc(CC(C)C)c(C(C)(C)C)c2)cc1. The van der Waals surface area contributed by atoms with Crippen LogP contribution in [0.3, 0.4) is 0 Å². The largest absolute Gasteiger partial charge is 0.348 e. The quantitative estimate of drug-likeness (QED) is 0.699. The van der Waals surface area contributed by atoms with E-state index in [1.54, 1.807) is 31.2 Å². The summed E-state index contributed by atoms with van der Waals surface area (Å²) >= 11 is 0. The minimum absolute atomic E-state index is 0.0406. The van der Waals surface area contributed by atoms with Gasteiger partial charge in [0.15, 0.2) is 9.84 Å². The fourth-order valence-electron chi connectivity index (χ4n) is 3.30. The van der Waals surface area contributed by atoms with Crippen molar-refractivity contribution in [3.05, 3.63) is 64.7 Å². The van der Waals surface area contributed by atoms with Crippen molar-refractivity contribution in [2.45, 2.75) is 64.8 Å². The average molecular weight is 416 g/mol. The molecule has 5 heteroatoms. The zero-order valence-electron chi connectivity index (χ0n) is 18.4. The van der Waals surface area contributed by atoms with E-state index < -0.39 is 9.84 Å². The van der Waals surface area contributed by atoms with Crippen LogP contribution in [0, 0.1) is 5.92 Å². The molecule has 0 aliphatic rings. The number of nitrogens with one attached hydrogen (secondary N) is 1.